The van der Waals surface area contributed by atoms with Gasteiger partial charge >= 0.3 is 0 Å². The summed E-state index contributed by atoms with van der Waals surface area (Å²) in [6.45, 7) is 2.69. The van der Waals surface area contributed by atoms with Gasteiger partial charge in [0, 0.05) is 29.4 Å². The van der Waals surface area contributed by atoms with Crippen molar-refractivity contribution in [2.45, 2.75) is 13.5 Å². The maximum atomic E-state index is 8.64. The van der Waals surface area contributed by atoms with Crippen molar-refractivity contribution >= 4 is 22.7 Å². The van der Waals surface area contributed by atoms with Gasteiger partial charge in [0.1, 0.15) is 11.1 Å². The average Bonchev–Trinajstić information content (AvgIpc) is 2.69. The van der Waals surface area contributed by atoms with Gasteiger partial charge in [-0.3, -0.25) is 5.41 Å². The van der Waals surface area contributed by atoms with Gasteiger partial charge in [-0.2, -0.15) is 4.98 Å². The lowest BCUT2D eigenvalue weighted by Gasteiger charge is -2.13. The number of aryl methyl sites for hydroxylation is 1. The molecule has 0 amide bonds. The molecule has 4 aromatic rings. The maximum Gasteiger partial charge on any atom is 0.229 e. The van der Waals surface area contributed by atoms with Crippen molar-refractivity contribution in [1.82, 2.24) is 14.5 Å². The molecule has 0 atom stereocenters. The molecule has 2 aromatic heterocycles. The number of nitrogens with one attached hydrogen (secondary N) is 2. The molecular formula is C21H19N5. The van der Waals surface area contributed by atoms with Crippen molar-refractivity contribution in [1.29, 1.82) is 5.41 Å². The van der Waals surface area contributed by atoms with Gasteiger partial charge in [0.05, 0.1) is 0 Å². The van der Waals surface area contributed by atoms with Crippen LogP contribution in [0.5, 0.6) is 0 Å². The molecule has 0 saturated heterocycles. The number of pyridine rings is 1. The minimum absolute atomic E-state index is 0.454. The topological polar surface area (TPSA) is 66.6 Å². The fourth-order valence-electron chi connectivity index (χ4n) is 3.03. The normalized spacial score (nSPS) is 10.8. The van der Waals surface area contributed by atoms with Crippen LogP contribution in [0.3, 0.4) is 0 Å². The van der Waals surface area contributed by atoms with Crippen molar-refractivity contribution in [2.75, 3.05) is 5.32 Å². The predicted molar refractivity (Wildman–Crippen MR) is 104 cm³/mol. The van der Waals surface area contributed by atoms with Gasteiger partial charge in [-0.15, -0.1) is 0 Å². The van der Waals surface area contributed by atoms with Gasteiger partial charge in [-0.25, -0.2) is 4.98 Å². The number of nitrogens with zero attached hydrogens (tertiary/aromatic N) is 3. The quantitative estimate of drug-likeness (QED) is 0.580. The number of aromatic nitrogens is 3. The Bertz CT molecular complexity index is 1100. The number of anilines is 2. The Morgan fingerprint density at radius 1 is 1.00 bits per heavy atom. The Labute approximate surface area is 151 Å². The fraction of sp³-hybridized carbons (Fsp3) is 0.0952. The molecule has 26 heavy (non-hydrogen) atoms. The lowest BCUT2D eigenvalue weighted by molar-refractivity contribution is 0.726. The first-order valence-electron chi connectivity index (χ1n) is 8.59. The summed E-state index contributed by atoms with van der Waals surface area (Å²) in [5, 5.41) is 12.8. The molecule has 0 radical (unpaired) electrons. The molecule has 0 aliphatic heterocycles. The molecule has 128 valence electrons. The Morgan fingerprint density at radius 3 is 2.38 bits per heavy atom. The van der Waals surface area contributed by atoms with Gasteiger partial charge < -0.3 is 9.88 Å². The third-order valence-corrected chi connectivity index (χ3v) is 4.31. The molecule has 4 rings (SSSR count). The van der Waals surface area contributed by atoms with Crippen LogP contribution in [0.4, 0.5) is 11.6 Å². The first-order valence-corrected chi connectivity index (χ1v) is 8.59. The van der Waals surface area contributed by atoms with Crippen LogP contribution in [0.15, 0.2) is 72.9 Å². The predicted octanol–water partition coefficient (Wildman–Crippen LogP) is 4.34. The van der Waals surface area contributed by atoms with E-state index in [-0.39, 0.29) is 0 Å². The van der Waals surface area contributed by atoms with Gasteiger partial charge in [0.2, 0.25) is 5.95 Å². The van der Waals surface area contributed by atoms with Crippen molar-refractivity contribution < 1.29 is 0 Å². The van der Waals surface area contributed by atoms with E-state index in [1.54, 1.807) is 0 Å². The number of hydrogen-bond donors (Lipinski definition) is 2. The molecule has 0 spiro atoms. The SMILES string of the molecule is CCn1c(=N)c(-c2ccccc2)cc2cnc(Nc3ccccc3)nc21. The Hall–Kier alpha value is -3.47. The van der Waals surface area contributed by atoms with E-state index in [2.05, 4.69) is 15.3 Å². The molecule has 0 aliphatic carbocycles. The fourth-order valence-corrected chi connectivity index (χ4v) is 3.03. The van der Waals surface area contributed by atoms with Gasteiger partial charge in [0.15, 0.2) is 0 Å². The number of para-hydroxylation sites is 1. The van der Waals surface area contributed by atoms with E-state index in [0.717, 1.165) is 27.8 Å². The summed E-state index contributed by atoms with van der Waals surface area (Å²) < 4.78 is 1.91. The molecule has 0 saturated carbocycles. The second-order valence-corrected chi connectivity index (χ2v) is 5.98. The molecule has 0 aliphatic rings. The molecule has 0 fully saturated rings. The summed E-state index contributed by atoms with van der Waals surface area (Å²) in [5.41, 5.74) is 4.04. The van der Waals surface area contributed by atoms with E-state index in [1.165, 1.54) is 0 Å². The summed E-state index contributed by atoms with van der Waals surface area (Å²) in [6.07, 6.45) is 1.81. The molecular weight excluding hydrogens is 322 g/mol. The van der Waals surface area contributed by atoms with Crippen LogP contribution in [0.2, 0.25) is 0 Å². The standard InChI is InChI=1S/C21H19N5/c1-2-26-19(22)18(15-9-5-3-6-10-15)13-16-14-23-21(25-20(16)26)24-17-11-7-4-8-12-17/h3-14,22H,2H2,1H3,(H,23,24,25). The summed E-state index contributed by atoms with van der Waals surface area (Å²) >= 11 is 0. The highest BCUT2D eigenvalue weighted by Gasteiger charge is 2.10. The number of rotatable bonds is 4. The number of benzene rings is 2. The largest absolute Gasteiger partial charge is 0.324 e. The van der Waals surface area contributed by atoms with Crippen LogP contribution in [-0.4, -0.2) is 14.5 Å². The van der Waals surface area contributed by atoms with Crippen LogP contribution in [0.25, 0.3) is 22.2 Å². The minimum atomic E-state index is 0.454. The third-order valence-electron chi connectivity index (χ3n) is 4.31. The lowest BCUT2D eigenvalue weighted by Crippen LogP contribution is -2.22. The molecule has 0 unspecified atom stereocenters. The van der Waals surface area contributed by atoms with Crippen molar-refractivity contribution in [3.8, 4) is 11.1 Å². The van der Waals surface area contributed by atoms with Gasteiger partial charge in [-0.1, -0.05) is 48.5 Å². The number of fused-ring (bicyclic) bond motifs is 1. The van der Waals surface area contributed by atoms with Crippen LogP contribution in [0, 0.1) is 5.41 Å². The maximum absolute atomic E-state index is 8.64. The summed E-state index contributed by atoms with van der Waals surface area (Å²) in [4.78, 5) is 9.10. The van der Waals surface area contributed by atoms with E-state index in [4.69, 9.17) is 5.41 Å². The third kappa shape index (κ3) is 2.95. The summed E-state index contributed by atoms with van der Waals surface area (Å²) in [6, 6.07) is 21.8. The van der Waals surface area contributed by atoms with Crippen LogP contribution >= 0.6 is 0 Å². The zero-order valence-corrected chi connectivity index (χ0v) is 14.5. The summed E-state index contributed by atoms with van der Waals surface area (Å²) in [7, 11) is 0. The van der Waals surface area contributed by atoms with Gasteiger partial charge in [0.25, 0.3) is 0 Å². The highest BCUT2D eigenvalue weighted by Crippen LogP contribution is 2.21. The monoisotopic (exact) mass is 341 g/mol. The second-order valence-electron chi connectivity index (χ2n) is 5.98. The van der Waals surface area contributed by atoms with Crippen LogP contribution < -0.4 is 10.8 Å². The second kappa shape index (κ2) is 6.80. The highest BCUT2D eigenvalue weighted by molar-refractivity contribution is 5.81. The number of hydrogen-bond acceptors (Lipinski definition) is 4. The molecule has 2 aromatic carbocycles. The zero-order chi connectivity index (χ0) is 17.9. The first-order chi connectivity index (χ1) is 12.8. The smallest absolute Gasteiger partial charge is 0.229 e. The van der Waals surface area contributed by atoms with E-state index in [9.17, 15) is 0 Å². The van der Waals surface area contributed by atoms with E-state index >= 15 is 0 Å². The molecule has 2 N–H and O–H groups in total. The Balaban J connectivity index is 1.85. The van der Waals surface area contributed by atoms with E-state index < -0.39 is 0 Å². The van der Waals surface area contributed by atoms with Crippen molar-refractivity contribution in [3.63, 3.8) is 0 Å². The molecule has 0 bridgehead atoms. The molecule has 5 heteroatoms. The first kappa shape index (κ1) is 16.0. The highest BCUT2D eigenvalue weighted by atomic mass is 15.1. The Morgan fingerprint density at radius 2 is 1.69 bits per heavy atom. The lowest BCUT2D eigenvalue weighted by atomic mass is 10.1. The summed E-state index contributed by atoms with van der Waals surface area (Å²) in [5.74, 6) is 0.526. The van der Waals surface area contributed by atoms with E-state index in [1.807, 2.05) is 84.4 Å². The van der Waals surface area contributed by atoms with E-state index in [0.29, 0.717) is 18.0 Å². The van der Waals surface area contributed by atoms with Crippen LogP contribution in [-0.2, 0) is 6.54 Å². The van der Waals surface area contributed by atoms with Crippen molar-refractivity contribution in [3.05, 3.63) is 78.4 Å². The molecule has 5 nitrogen and oxygen atoms in total. The Kier molecular flexibility index (Phi) is 4.19. The van der Waals surface area contributed by atoms with Gasteiger partial charge in [-0.05, 0) is 30.7 Å². The minimum Gasteiger partial charge on any atom is -0.324 e. The van der Waals surface area contributed by atoms with Crippen molar-refractivity contribution in [2.24, 2.45) is 0 Å². The molecule has 2 heterocycles. The van der Waals surface area contributed by atoms with Crippen LogP contribution in [0.1, 0.15) is 6.92 Å². The average molecular weight is 341 g/mol. The zero-order valence-electron chi connectivity index (χ0n) is 14.5.